The smallest absolute Gasteiger partial charge is 0.0306 e. The lowest BCUT2D eigenvalue weighted by molar-refractivity contribution is 0.0297. The lowest BCUT2D eigenvalue weighted by Gasteiger charge is -2.47. The highest BCUT2D eigenvalue weighted by molar-refractivity contribution is 4.92. The number of rotatable bonds is 5. The number of hydrogen-bond acceptors (Lipinski definition) is 2. The molecule has 0 aliphatic heterocycles. The van der Waals surface area contributed by atoms with Crippen LogP contribution in [0.2, 0.25) is 0 Å². The van der Waals surface area contributed by atoms with Gasteiger partial charge in [-0.25, -0.2) is 0 Å². The first kappa shape index (κ1) is 15.9. The van der Waals surface area contributed by atoms with Gasteiger partial charge in [-0.3, -0.25) is 4.90 Å². The van der Waals surface area contributed by atoms with Crippen LogP contribution in [-0.4, -0.2) is 30.1 Å². The van der Waals surface area contributed by atoms with E-state index >= 15 is 0 Å². The van der Waals surface area contributed by atoms with E-state index in [4.69, 9.17) is 5.73 Å². The second kappa shape index (κ2) is 5.50. The van der Waals surface area contributed by atoms with Gasteiger partial charge in [0.1, 0.15) is 0 Å². The van der Waals surface area contributed by atoms with E-state index in [9.17, 15) is 0 Å². The Kier molecular flexibility index (Phi) is 5.48. The lowest BCUT2D eigenvalue weighted by atomic mass is 9.81. The summed E-state index contributed by atoms with van der Waals surface area (Å²) in [5, 5.41) is 0. The molecule has 0 saturated carbocycles. The maximum Gasteiger partial charge on any atom is 0.0306 e. The van der Waals surface area contributed by atoms with E-state index < -0.39 is 0 Å². The fourth-order valence-electron chi connectivity index (χ4n) is 2.30. The molecule has 2 unspecified atom stereocenters. The average Bonchev–Trinajstić information content (AvgIpc) is 2.12. The lowest BCUT2D eigenvalue weighted by Crippen LogP contribution is -2.56. The molecule has 0 radical (unpaired) electrons. The molecule has 2 N–H and O–H groups in total. The molecular weight excluding hydrogens is 196 g/mol. The van der Waals surface area contributed by atoms with Gasteiger partial charge in [0.2, 0.25) is 0 Å². The fraction of sp³-hybridized carbons (Fsp3) is 1.00. The Morgan fingerprint density at radius 2 is 1.50 bits per heavy atom. The number of nitrogens with zero attached hydrogens (tertiary/aromatic N) is 1. The predicted octanol–water partition coefficient (Wildman–Crippen LogP) is 3.12. The second-order valence-electron chi connectivity index (χ2n) is 6.95. The van der Waals surface area contributed by atoms with Crippen molar-refractivity contribution in [1.29, 1.82) is 0 Å². The van der Waals surface area contributed by atoms with Crippen molar-refractivity contribution < 1.29 is 0 Å². The number of nitrogens with two attached hydrogens (primary N) is 1. The Labute approximate surface area is 103 Å². The molecule has 0 aliphatic rings. The van der Waals surface area contributed by atoms with Gasteiger partial charge < -0.3 is 5.73 Å². The van der Waals surface area contributed by atoms with Gasteiger partial charge >= 0.3 is 0 Å². The summed E-state index contributed by atoms with van der Waals surface area (Å²) in [6, 6.07) is 0.528. The third kappa shape index (κ3) is 4.06. The van der Waals surface area contributed by atoms with Gasteiger partial charge in [-0.1, -0.05) is 34.6 Å². The van der Waals surface area contributed by atoms with E-state index in [1.54, 1.807) is 0 Å². The minimum atomic E-state index is 0.112. The summed E-state index contributed by atoms with van der Waals surface area (Å²) >= 11 is 0. The van der Waals surface area contributed by atoms with Crippen molar-refractivity contribution in [2.45, 2.75) is 66.5 Å². The van der Waals surface area contributed by atoms with Crippen LogP contribution in [0.1, 0.15) is 54.9 Å². The molecule has 16 heavy (non-hydrogen) atoms. The highest BCUT2D eigenvalue weighted by Crippen LogP contribution is 2.31. The molecule has 0 heterocycles. The monoisotopic (exact) mass is 228 g/mol. The van der Waals surface area contributed by atoms with Crippen molar-refractivity contribution in [3.8, 4) is 0 Å². The standard InChI is InChI=1S/C14H32N2/c1-11(2)9-14(7,10-15)16(8)12(3)13(4,5)6/h11-12H,9-10,15H2,1-8H3. The summed E-state index contributed by atoms with van der Waals surface area (Å²) < 4.78 is 0. The molecule has 0 saturated heterocycles. The molecule has 2 atom stereocenters. The van der Waals surface area contributed by atoms with Crippen LogP contribution in [0.25, 0.3) is 0 Å². The van der Waals surface area contributed by atoms with E-state index in [0.717, 1.165) is 13.0 Å². The van der Waals surface area contributed by atoms with E-state index in [-0.39, 0.29) is 5.54 Å². The van der Waals surface area contributed by atoms with Gasteiger partial charge in [-0.05, 0) is 38.6 Å². The number of likely N-dealkylation sites (N-methyl/N-ethyl adjacent to an activating group) is 1. The average molecular weight is 228 g/mol. The normalized spacial score (nSPS) is 18.9. The second-order valence-corrected chi connectivity index (χ2v) is 6.95. The first-order chi connectivity index (χ1) is 7.04. The predicted molar refractivity (Wildman–Crippen MR) is 73.6 cm³/mol. The van der Waals surface area contributed by atoms with Gasteiger partial charge in [-0.15, -0.1) is 0 Å². The van der Waals surface area contributed by atoms with Crippen LogP contribution in [-0.2, 0) is 0 Å². The third-order valence-electron chi connectivity index (χ3n) is 3.97. The zero-order chi connectivity index (χ0) is 13.1. The Morgan fingerprint density at radius 3 is 1.75 bits per heavy atom. The van der Waals surface area contributed by atoms with Crippen molar-refractivity contribution in [3.63, 3.8) is 0 Å². The van der Waals surface area contributed by atoms with Crippen molar-refractivity contribution in [3.05, 3.63) is 0 Å². The molecule has 2 nitrogen and oxygen atoms in total. The SMILES string of the molecule is CC(C)CC(C)(CN)N(C)C(C)C(C)(C)C. The summed E-state index contributed by atoms with van der Waals surface area (Å²) in [4.78, 5) is 2.47. The van der Waals surface area contributed by atoms with Gasteiger partial charge in [0, 0.05) is 18.1 Å². The minimum absolute atomic E-state index is 0.112. The van der Waals surface area contributed by atoms with E-state index in [1.165, 1.54) is 0 Å². The summed E-state index contributed by atoms with van der Waals surface area (Å²) in [5.41, 5.74) is 6.40. The quantitative estimate of drug-likeness (QED) is 0.783. The van der Waals surface area contributed by atoms with Crippen LogP contribution in [0.5, 0.6) is 0 Å². The fourth-order valence-corrected chi connectivity index (χ4v) is 2.30. The van der Waals surface area contributed by atoms with Crippen LogP contribution in [0.3, 0.4) is 0 Å². The molecule has 98 valence electrons. The molecule has 0 bridgehead atoms. The summed E-state index contributed by atoms with van der Waals surface area (Å²) in [5.74, 6) is 0.683. The number of hydrogen-bond donors (Lipinski definition) is 1. The molecule has 0 aromatic heterocycles. The summed E-state index contributed by atoms with van der Waals surface area (Å²) in [6.45, 7) is 16.7. The molecule has 0 rings (SSSR count). The molecule has 0 aromatic carbocycles. The zero-order valence-corrected chi connectivity index (χ0v) is 12.6. The largest absolute Gasteiger partial charge is 0.329 e. The van der Waals surface area contributed by atoms with Crippen molar-refractivity contribution in [1.82, 2.24) is 4.90 Å². The summed E-state index contributed by atoms with van der Waals surface area (Å²) in [6.07, 6.45) is 1.15. The molecule has 2 heteroatoms. The first-order valence-corrected chi connectivity index (χ1v) is 6.47. The van der Waals surface area contributed by atoms with E-state index in [0.29, 0.717) is 17.4 Å². The Morgan fingerprint density at radius 1 is 1.06 bits per heavy atom. The topological polar surface area (TPSA) is 29.3 Å². The highest BCUT2D eigenvalue weighted by Gasteiger charge is 2.35. The van der Waals surface area contributed by atoms with Gasteiger partial charge in [0.15, 0.2) is 0 Å². The Hall–Kier alpha value is -0.0800. The van der Waals surface area contributed by atoms with Crippen LogP contribution in [0.15, 0.2) is 0 Å². The highest BCUT2D eigenvalue weighted by atomic mass is 15.2. The Bertz CT molecular complexity index is 205. The molecule has 0 aromatic rings. The minimum Gasteiger partial charge on any atom is -0.329 e. The zero-order valence-electron chi connectivity index (χ0n) is 12.6. The maximum atomic E-state index is 6.00. The maximum absolute atomic E-state index is 6.00. The van der Waals surface area contributed by atoms with Crippen LogP contribution < -0.4 is 5.73 Å². The van der Waals surface area contributed by atoms with Crippen LogP contribution in [0.4, 0.5) is 0 Å². The van der Waals surface area contributed by atoms with E-state index in [1.807, 2.05) is 0 Å². The van der Waals surface area contributed by atoms with Crippen LogP contribution >= 0.6 is 0 Å². The molecule has 0 amide bonds. The molecule has 0 spiro atoms. The molecular formula is C14H32N2. The van der Waals surface area contributed by atoms with Crippen molar-refractivity contribution in [2.75, 3.05) is 13.6 Å². The third-order valence-corrected chi connectivity index (χ3v) is 3.97. The Balaban J connectivity index is 4.82. The van der Waals surface area contributed by atoms with E-state index in [2.05, 4.69) is 60.4 Å². The molecule has 0 aliphatic carbocycles. The van der Waals surface area contributed by atoms with Crippen LogP contribution in [0, 0.1) is 11.3 Å². The van der Waals surface area contributed by atoms with Gasteiger partial charge in [0.05, 0.1) is 0 Å². The van der Waals surface area contributed by atoms with Gasteiger partial charge in [0.25, 0.3) is 0 Å². The van der Waals surface area contributed by atoms with Gasteiger partial charge in [-0.2, -0.15) is 0 Å². The molecule has 0 fully saturated rings. The van der Waals surface area contributed by atoms with Crippen molar-refractivity contribution in [2.24, 2.45) is 17.1 Å². The summed E-state index contributed by atoms with van der Waals surface area (Å²) in [7, 11) is 2.21. The van der Waals surface area contributed by atoms with Crippen molar-refractivity contribution >= 4 is 0 Å². The first-order valence-electron chi connectivity index (χ1n) is 6.47.